The van der Waals surface area contributed by atoms with E-state index < -0.39 is 0 Å². The SMILES string of the molecule is CCc1ccsc1CNCc1cccc(OC)n1. The number of hydrogen-bond donors (Lipinski definition) is 1. The highest BCUT2D eigenvalue weighted by Gasteiger charge is 2.02. The van der Waals surface area contributed by atoms with E-state index in [1.165, 1.54) is 10.4 Å². The van der Waals surface area contributed by atoms with Crippen LogP contribution in [0.3, 0.4) is 0 Å². The van der Waals surface area contributed by atoms with Gasteiger partial charge in [0.2, 0.25) is 5.88 Å². The third-order valence-electron chi connectivity index (χ3n) is 2.80. The first kappa shape index (κ1) is 13.1. The van der Waals surface area contributed by atoms with E-state index in [0.29, 0.717) is 5.88 Å². The molecule has 2 rings (SSSR count). The predicted molar refractivity (Wildman–Crippen MR) is 75.0 cm³/mol. The molecule has 0 aliphatic rings. The maximum atomic E-state index is 5.11. The van der Waals surface area contributed by atoms with Crippen LogP contribution in [-0.2, 0) is 19.5 Å². The first-order valence-electron chi connectivity index (χ1n) is 6.09. The molecule has 96 valence electrons. The number of aromatic nitrogens is 1. The molecule has 0 amide bonds. The van der Waals surface area contributed by atoms with E-state index in [1.807, 2.05) is 29.5 Å². The van der Waals surface area contributed by atoms with Crippen LogP contribution in [0.15, 0.2) is 29.6 Å². The van der Waals surface area contributed by atoms with Gasteiger partial charge in [0.05, 0.1) is 12.8 Å². The summed E-state index contributed by atoms with van der Waals surface area (Å²) in [5.74, 6) is 0.666. The summed E-state index contributed by atoms with van der Waals surface area (Å²) in [4.78, 5) is 5.79. The maximum Gasteiger partial charge on any atom is 0.213 e. The quantitative estimate of drug-likeness (QED) is 0.869. The zero-order valence-corrected chi connectivity index (χ0v) is 11.6. The van der Waals surface area contributed by atoms with E-state index in [0.717, 1.165) is 25.2 Å². The van der Waals surface area contributed by atoms with Crippen molar-refractivity contribution in [1.29, 1.82) is 0 Å². The number of nitrogens with one attached hydrogen (secondary N) is 1. The summed E-state index contributed by atoms with van der Waals surface area (Å²) in [6.07, 6.45) is 1.10. The average Bonchev–Trinajstić information content (AvgIpc) is 2.86. The lowest BCUT2D eigenvalue weighted by atomic mass is 10.2. The molecule has 0 fully saturated rings. The van der Waals surface area contributed by atoms with Crippen molar-refractivity contribution >= 4 is 11.3 Å². The summed E-state index contributed by atoms with van der Waals surface area (Å²) in [7, 11) is 1.64. The Morgan fingerprint density at radius 2 is 2.17 bits per heavy atom. The molecule has 0 atom stereocenters. The minimum absolute atomic E-state index is 0.666. The number of aryl methyl sites for hydroxylation is 1. The maximum absolute atomic E-state index is 5.11. The van der Waals surface area contributed by atoms with Crippen LogP contribution in [0.25, 0.3) is 0 Å². The van der Waals surface area contributed by atoms with Crippen LogP contribution in [-0.4, -0.2) is 12.1 Å². The summed E-state index contributed by atoms with van der Waals surface area (Å²) in [6, 6.07) is 8.03. The van der Waals surface area contributed by atoms with Gasteiger partial charge in [-0.15, -0.1) is 11.3 Å². The summed E-state index contributed by atoms with van der Waals surface area (Å²) < 4.78 is 5.11. The van der Waals surface area contributed by atoms with Gasteiger partial charge < -0.3 is 10.1 Å². The second kappa shape index (κ2) is 6.52. The third kappa shape index (κ3) is 3.31. The van der Waals surface area contributed by atoms with E-state index in [2.05, 4.69) is 28.7 Å². The number of ether oxygens (including phenoxy) is 1. The van der Waals surface area contributed by atoms with Gasteiger partial charge in [0.1, 0.15) is 0 Å². The topological polar surface area (TPSA) is 34.1 Å². The molecule has 2 aromatic rings. The Bertz CT molecular complexity index is 496. The molecule has 4 heteroatoms. The lowest BCUT2D eigenvalue weighted by Crippen LogP contribution is -2.13. The van der Waals surface area contributed by atoms with Crippen LogP contribution in [0.4, 0.5) is 0 Å². The Labute approximate surface area is 112 Å². The number of hydrogen-bond acceptors (Lipinski definition) is 4. The molecule has 3 nitrogen and oxygen atoms in total. The van der Waals surface area contributed by atoms with Crippen molar-refractivity contribution in [1.82, 2.24) is 10.3 Å². The molecule has 0 unspecified atom stereocenters. The van der Waals surface area contributed by atoms with Crippen LogP contribution in [0.5, 0.6) is 5.88 Å². The van der Waals surface area contributed by atoms with Crippen LogP contribution in [0.1, 0.15) is 23.1 Å². The molecule has 0 aliphatic carbocycles. The van der Waals surface area contributed by atoms with Gasteiger partial charge in [-0.2, -0.15) is 0 Å². The van der Waals surface area contributed by atoms with Crippen molar-refractivity contribution in [3.8, 4) is 5.88 Å². The minimum Gasteiger partial charge on any atom is -0.481 e. The van der Waals surface area contributed by atoms with E-state index in [-0.39, 0.29) is 0 Å². The molecule has 2 aromatic heterocycles. The highest BCUT2D eigenvalue weighted by atomic mass is 32.1. The zero-order valence-electron chi connectivity index (χ0n) is 10.8. The van der Waals surface area contributed by atoms with Gasteiger partial charge in [-0.25, -0.2) is 4.98 Å². The number of pyridine rings is 1. The summed E-state index contributed by atoms with van der Waals surface area (Å²) >= 11 is 1.81. The average molecular weight is 262 g/mol. The molecule has 1 N–H and O–H groups in total. The Morgan fingerprint density at radius 3 is 2.94 bits per heavy atom. The second-order valence-corrected chi connectivity index (χ2v) is 5.00. The van der Waals surface area contributed by atoms with E-state index >= 15 is 0 Å². The van der Waals surface area contributed by atoms with Gasteiger partial charge in [-0.1, -0.05) is 13.0 Å². The molecular formula is C14H18N2OS. The van der Waals surface area contributed by atoms with Crippen LogP contribution < -0.4 is 10.1 Å². The molecule has 2 heterocycles. The highest BCUT2D eigenvalue weighted by molar-refractivity contribution is 7.10. The molecular weight excluding hydrogens is 244 g/mol. The van der Waals surface area contributed by atoms with Gasteiger partial charge in [0.15, 0.2) is 0 Å². The first-order chi connectivity index (χ1) is 8.83. The van der Waals surface area contributed by atoms with Gasteiger partial charge in [0.25, 0.3) is 0 Å². The van der Waals surface area contributed by atoms with Crippen molar-refractivity contribution < 1.29 is 4.74 Å². The normalized spacial score (nSPS) is 10.6. The fourth-order valence-electron chi connectivity index (χ4n) is 1.81. The Hall–Kier alpha value is -1.39. The van der Waals surface area contributed by atoms with Crippen LogP contribution in [0, 0.1) is 0 Å². The zero-order chi connectivity index (χ0) is 12.8. The van der Waals surface area contributed by atoms with Crippen molar-refractivity contribution in [2.24, 2.45) is 0 Å². The Morgan fingerprint density at radius 1 is 1.28 bits per heavy atom. The van der Waals surface area contributed by atoms with Gasteiger partial charge in [0, 0.05) is 24.0 Å². The van der Waals surface area contributed by atoms with Gasteiger partial charge in [-0.3, -0.25) is 0 Å². The van der Waals surface area contributed by atoms with Crippen molar-refractivity contribution in [2.75, 3.05) is 7.11 Å². The smallest absolute Gasteiger partial charge is 0.213 e. The van der Waals surface area contributed by atoms with E-state index in [4.69, 9.17) is 4.74 Å². The molecule has 0 radical (unpaired) electrons. The molecule has 0 spiro atoms. The lowest BCUT2D eigenvalue weighted by molar-refractivity contribution is 0.395. The van der Waals surface area contributed by atoms with E-state index in [1.54, 1.807) is 7.11 Å². The number of methoxy groups -OCH3 is 1. The molecule has 0 saturated heterocycles. The number of thiophene rings is 1. The van der Waals surface area contributed by atoms with Gasteiger partial charge >= 0.3 is 0 Å². The van der Waals surface area contributed by atoms with Crippen LogP contribution >= 0.6 is 11.3 Å². The third-order valence-corrected chi connectivity index (χ3v) is 3.76. The van der Waals surface area contributed by atoms with Crippen molar-refractivity contribution in [3.05, 3.63) is 45.8 Å². The molecule has 18 heavy (non-hydrogen) atoms. The molecule has 0 aromatic carbocycles. The molecule has 0 saturated carbocycles. The summed E-state index contributed by atoms with van der Waals surface area (Å²) in [6.45, 7) is 3.85. The fraction of sp³-hybridized carbons (Fsp3) is 0.357. The fourth-order valence-corrected chi connectivity index (χ4v) is 2.76. The molecule has 0 bridgehead atoms. The van der Waals surface area contributed by atoms with E-state index in [9.17, 15) is 0 Å². The molecule has 0 aliphatic heterocycles. The largest absolute Gasteiger partial charge is 0.481 e. The standard InChI is InChI=1S/C14H18N2OS/c1-3-11-7-8-18-13(11)10-15-9-12-5-4-6-14(16-12)17-2/h4-8,15H,3,9-10H2,1-2H3. The minimum atomic E-state index is 0.666. The summed E-state index contributed by atoms with van der Waals surface area (Å²) in [5, 5.41) is 5.57. The Kier molecular flexibility index (Phi) is 4.73. The van der Waals surface area contributed by atoms with Gasteiger partial charge in [-0.05, 0) is 29.5 Å². The van der Waals surface area contributed by atoms with Crippen molar-refractivity contribution in [3.63, 3.8) is 0 Å². The lowest BCUT2D eigenvalue weighted by Gasteiger charge is -2.06. The monoisotopic (exact) mass is 262 g/mol. The number of rotatable bonds is 6. The highest BCUT2D eigenvalue weighted by Crippen LogP contribution is 2.17. The predicted octanol–water partition coefficient (Wildman–Crippen LogP) is 3.00. The first-order valence-corrected chi connectivity index (χ1v) is 6.97. The Balaban J connectivity index is 1.88. The summed E-state index contributed by atoms with van der Waals surface area (Å²) in [5.41, 5.74) is 2.44. The second-order valence-electron chi connectivity index (χ2n) is 4.00. The van der Waals surface area contributed by atoms with Crippen LogP contribution in [0.2, 0.25) is 0 Å². The number of nitrogens with zero attached hydrogens (tertiary/aromatic N) is 1. The van der Waals surface area contributed by atoms with Crippen molar-refractivity contribution in [2.45, 2.75) is 26.4 Å².